The molecule has 0 bridgehead atoms. The van der Waals surface area contributed by atoms with Crippen LogP contribution in [0.2, 0.25) is 0 Å². The molecule has 1 aliphatic rings. The summed E-state index contributed by atoms with van der Waals surface area (Å²) in [5.41, 5.74) is 2.75. The SMILES string of the molecule is O=C(O)CC1=NNC(=O)CC1. The van der Waals surface area contributed by atoms with Crippen LogP contribution in [0.25, 0.3) is 0 Å². The zero-order chi connectivity index (χ0) is 8.27. The Hall–Kier alpha value is -1.39. The summed E-state index contributed by atoms with van der Waals surface area (Å²) in [6.45, 7) is 0. The molecule has 0 spiro atoms. The number of carboxylic acid groups (broad SMARTS) is 1. The molecule has 0 aromatic heterocycles. The summed E-state index contributed by atoms with van der Waals surface area (Å²) in [5, 5.41) is 11.9. The van der Waals surface area contributed by atoms with Crippen LogP contribution in [0, 0.1) is 0 Å². The van der Waals surface area contributed by atoms with Crippen LogP contribution in [0.3, 0.4) is 0 Å². The predicted molar refractivity (Wildman–Crippen MR) is 37.1 cm³/mol. The Morgan fingerprint density at radius 3 is 2.82 bits per heavy atom. The molecule has 1 rings (SSSR count). The van der Waals surface area contributed by atoms with E-state index in [0.717, 1.165) is 0 Å². The monoisotopic (exact) mass is 156 g/mol. The highest BCUT2D eigenvalue weighted by molar-refractivity contribution is 6.01. The van der Waals surface area contributed by atoms with E-state index in [1.807, 2.05) is 0 Å². The fourth-order valence-corrected chi connectivity index (χ4v) is 0.814. The van der Waals surface area contributed by atoms with Crippen LogP contribution in [0.15, 0.2) is 5.10 Å². The fourth-order valence-electron chi connectivity index (χ4n) is 0.814. The summed E-state index contributed by atoms with van der Waals surface area (Å²) in [7, 11) is 0. The van der Waals surface area contributed by atoms with Crippen molar-refractivity contribution in [1.82, 2.24) is 5.43 Å². The van der Waals surface area contributed by atoms with Gasteiger partial charge < -0.3 is 5.11 Å². The van der Waals surface area contributed by atoms with Gasteiger partial charge in [0, 0.05) is 12.1 Å². The normalized spacial score (nSPS) is 17.1. The van der Waals surface area contributed by atoms with Crippen molar-refractivity contribution in [2.45, 2.75) is 19.3 Å². The van der Waals surface area contributed by atoms with Gasteiger partial charge in [-0.3, -0.25) is 9.59 Å². The van der Waals surface area contributed by atoms with E-state index in [9.17, 15) is 9.59 Å². The Kier molecular flexibility index (Phi) is 2.20. The summed E-state index contributed by atoms with van der Waals surface area (Å²) >= 11 is 0. The lowest BCUT2D eigenvalue weighted by Gasteiger charge is -2.09. The molecule has 1 heterocycles. The summed E-state index contributed by atoms with van der Waals surface area (Å²) in [6.07, 6.45) is 0.713. The minimum absolute atomic E-state index is 0.0831. The Morgan fingerprint density at radius 1 is 1.64 bits per heavy atom. The van der Waals surface area contributed by atoms with E-state index in [1.165, 1.54) is 0 Å². The number of carbonyl (C=O) groups excluding carboxylic acids is 1. The largest absolute Gasteiger partial charge is 0.481 e. The number of aliphatic carboxylic acids is 1. The van der Waals surface area contributed by atoms with Crippen LogP contribution in [0.5, 0.6) is 0 Å². The van der Waals surface area contributed by atoms with Crippen LogP contribution < -0.4 is 5.43 Å². The molecule has 0 saturated heterocycles. The summed E-state index contributed by atoms with van der Waals surface area (Å²) in [6, 6.07) is 0. The molecule has 0 aromatic carbocycles. The van der Waals surface area contributed by atoms with Gasteiger partial charge in [-0.1, -0.05) is 0 Å². The minimum Gasteiger partial charge on any atom is -0.481 e. The first-order chi connectivity index (χ1) is 5.18. The molecule has 0 unspecified atom stereocenters. The van der Waals surface area contributed by atoms with Crippen molar-refractivity contribution in [2.24, 2.45) is 5.10 Å². The lowest BCUT2D eigenvalue weighted by atomic mass is 10.1. The van der Waals surface area contributed by atoms with Gasteiger partial charge in [0.15, 0.2) is 0 Å². The number of hydrogen-bond acceptors (Lipinski definition) is 3. The number of carbonyl (C=O) groups is 2. The molecule has 0 atom stereocenters. The molecule has 11 heavy (non-hydrogen) atoms. The molecule has 0 aromatic rings. The average Bonchev–Trinajstić information content (AvgIpc) is 1.93. The third kappa shape index (κ3) is 2.37. The zero-order valence-corrected chi connectivity index (χ0v) is 5.83. The zero-order valence-electron chi connectivity index (χ0n) is 5.83. The van der Waals surface area contributed by atoms with Crippen molar-refractivity contribution in [1.29, 1.82) is 0 Å². The van der Waals surface area contributed by atoms with Crippen molar-refractivity contribution in [3.05, 3.63) is 0 Å². The molecule has 1 aliphatic heterocycles. The molecule has 5 heteroatoms. The van der Waals surface area contributed by atoms with E-state index in [-0.39, 0.29) is 12.3 Å². The highest BCUT2D eigenvalue weighted by atomic mass is 16.4. The maximum atomic E-state index is 10.5. The highest BCUT2D eigenvalue weighted by Gasteiger charge is 2.13. The first-order valence-corrected chi connectivity index (χ1v) is 3.24. The molecule has 0 saturated carbocycles. The van der Waals surface area contributed by atoms with Gasteiger partial charge in [-0.05, 0) is 6.42 Å². The second-order valence-electron chi connectivity index (χ2n) is 2.28. The Bertz CT molecular complexity index is 222. The molecule has 1 amide bonds. The molecular weight excluding hydrogens is 148 g/mol. The number of rotatable bonds is 2. The summed E-state index contributed by atoms with van der Waals surface area (Å²) in [5.74, 6) is -1.07. The van der Waals surface area contributed by atoms with E-state index in [0.29, 0.717) is 18.6 Å². The number of amides is 1. The summed E-state index contributed by atoms with van der Waals surface area (Å²) < 4.78 is 0. The van der Waals surface area contributed by atoms with E-state index in [2.05, 4.69) is 10.5 Å². The molecule has 2 N–H and O–H groups in total. The number of carboxylic acids is 1. The third-order valence-electron chi connectivity index (χ3n) is 1.33. The second-order valence-corrected chi connectivity index (χ2v) is 2.28. The number of hydrazone groups is 1. The number of nitrogens with zero attached hydrogens (tertiary/aromatic N) is 1. The van der Waals surface area contributed by atoms with E-state index in [4.69, 9.17) is 5.11 Å². The molecule has 60 valence electrons. The Labute approximate surface area is 63.1 Å². The van der Waals surface area contributed by atoms with Crippen LogP contribution in [-0.4, -0.2) is 22.7 Å². The van der Waals surface area contributed by atoms with Gasteiger partial charge in [0.25, 0.3) is 0 Å². The van der Waals surface area contributed by atoms with E-state index >= 15 is 0 Å². The number of hydrogen-bond donors (Lipinski definition) is 2. The highest BCUT2D eigenvalue weighted by Crippen LogP contribution is 2.02. The molecule has 0 aliphatic carbocycles. The average molecular weight is 156 g/mol. The lowest BCUT2D eigenvalue weighted by Crippen LogP contribution is -2.26. The molecule has 0 radical (unpaired) electrons. The maximum absolute atomic E-state index is 10.5. The third-order valence-corrected chi connectivity index (χ3v) is 1.33. The van der Waals surface area contributed by atoms with Crippen LogP contribution in [0.1, 0.15) is 19.3 Å². The minimum atomic E-state index is -0.917. The predicted octanol–water partition coefficient (Wildman–Crippen LogP) is -0.273. The second kappa shape index (κ2) is 3.14. The Morgan fingerprint density at radius 2 is 2.36 bits per heavy atom. The van der Waals surface area contributed by atoms with Gasteiger partial charge in [-0.2, -0.15) is 5.10 Å². The topological polar surface area (TPSA) is 78.8 Å². The summed E-state index contributed by atoms with van der Waals surface area (Å²) in [4.78, 5) is 20.7. The van der Waals surface area contributed by atoms with Gasteiger partial charge >= 0.3 is 5.97 Å². The maximum Gasteiger partial charge on any atom is 0.309 e. The van der Waals surface area contributed by atoms with Gasteiger partial charge in [-0.15, -0.1) is 0 Å². The molecule has 0 fully saturated rings. The van der Waals surface area contributed by atoms with Crippen molar-refractivity contribution in [2.75, 3.05) is 0 Å². The lowest BCUT2D eigenvalue weighted by molar-refractivity contribution is -0.135. The molecular formula is C6H8N2O3. The van der Waals surface area contributed by atoms with Crippen molar-refractivity contribution >= 4 is 17.6 Å². The smallest absolute Gasteiger partial charge is 0.309 e. The van der Waals surface area contributed by atoms with Crippen LogP contribution in [0.4, 0.5) is 0 Å². The van der Waals surface area contributed by atoms with Gasteiger partial charge in [0.1, 0.15) is 0 Å². The first kappa shape index (κ1) is 7.71. The first-order valence-electron chi connectivity index (χ1n) is 3.24. The van der Waals surface area contributed by atoms with Gasteiger partial charge in [-0.25, -0.2) is 5.43 Å². The Balaban J connectivity index is 2.48. The van der Waals surface area contributed by atoms with Crippen LogP contribution in [-0.2, 0) is 9.59 Å². The van der Waals surface area contributed by atoms with Crippen LogP contribution >= 0.6 is 0 Å². The van der Waals surface area contributed by atoms with Gasteiger partial charge in [0.05, 0.1) is 6.42 Å². The molecule has 5 nitrogen and oxygen atoms in total. The van der Waals surface area contributed by atoms with Crippen molar-refractivity contribution < 1.29 is 14.7 Å². The van der Waals surface area contributed by atoms with E-state index in [1.54, 1.807) is 0 Å². The standard InChI is InChI=1S/C6H8N2O3/c9-5-2-1-4(7-8-5)3-6(10)11/h1-3H2,(H,8,9)(H,10,11). The quantitative estimate of drug-likeness (QED) is 0.577. The van der Waals surface area contributed by atoms with Crippen molar-refractivity contribution in [3.8, 4) is 0 Å². The fraction of sp³-hybridized carbons (Fsp3) is 0.500. The van der Waals surface area contributed by atoms with E-state index < -0.39 is 5.97 Å². The van der Waals surface area contributed by atoms with Crippen molar-refractivity contribution in [3.63, 3.8) is 0 Å². The number of nitrogens with one attached hydrogen (secondary N) is 1. The van der Waals surface area contributed by atoms with Gasteiger partial charge in [0.2, 0.25) is 5.91 Å².